The second-order valence-corrected chi connectivity index (χ2v) is 6.68. The summed E-state index contributed by atoms with van der Waals surface area (Å²) in [7, 11) is 0. The predicted octanol–water partition coefficient (Wildman–Crippen LogP) is 3.65. The van der Waals surface area contributed by atoms with Crippen LogP contribution < -0.4 is 4.90 Å². The van der Waals surface area contributed by atoms with Gasteiger partial charge in [0.15, 0.2) is 0 Å². The second-order valence-electron chi connectivity index (χ2n) is 6.68. The summed E-state index contributed by atoms with van der Waals surface area (Å²) in [5, 5.41) is 0. The predicted molar refractivity (Wildman–Crippen MR) is 101 cm³/mol. The van der Waals surface area contributed by atoms with E-state index in [1.165, 1.54) is 5.57 Å². The van der Waals surface area contributed by atoms with E-state index in [4.69, 9.17) is 0 Å². The highest BCUT2D eigenvalue weighted by Crippen LogP contribution is 2.32. The Morgan fingerprint density at radius 3 is 2.36 bits per heavy atom. The summed E-state index contributed by atoms with van der Waals surface area (Å²) >= 11 is 0. The van der Waals surface area contributed by atoms with Gasteiger partial charge in [0, 0.05) is 30.9 Å². The number of carbonyl (C=O) groups excluding carboxylic acids is 2. The molecular formula is C21H26N2O2. The van der Waals surface area contributed by atoms with Gasteiger partial charge in [-0.15, -0.1) is 0 Å². The third kappa shape index (κ3) is 3.26. The first kappa shape index (κ1) is 17.5. The van der Waals surface area contributed by atoms with Crippen LogP contribution in [0, 0.1) is 0 Å². The number of amides is 2. The lowest BCUT2D eigenvalue weighted by Gasteiger charge is -2.23. The number of likely N-dealkylation sites (N-methyl/N-ethyl adjacent to an activating group) is 1. The maximum absolute atomic E-state index is 12.6. The van der Waals surface area contributed by atoms with Crippen molar-refractivity contribution in [1.82, 2.24) is 4.90 Å². The molecule has 4 nitrogen and oxygen atoms in total. The van der Waals surface area contributed by atoms with Gasteiger partial charge in [0.05, 0.1) is 5.92 Å². The van der Waals surface area contributed by atoms with Crippen molar-refractivity contribution < 1.29 is 9.59 Å². The van der Waals surface area contributed by atoms with E-state index in [0.717, 1.165) is 42.8 Å². The van der Waals surface area contributed by atoms with Gasteiger partial charge >= 0.3 is 0 Å². The fourth-order valence-corrected chi connectivity index (χ4v) is 3.62. The molecule has 0 saturated carbocycles. The van der Waals surface area contributed by atoms with E-state index in [1.807, 2.05) is 54.8 Å². The van der Waals surface area contributed by atoms with E-state index >= 15 is 0 Å². The molecular weight excluding hydrogens is 312 g/mol. The summed E-state index contributed by atoms with van der Waals surface area (Å²) < 4.78 is 0. The highest BCUT2D eigenvalue weighted by molar-refractivity contribution is 6.09. The molecule has 1 heterocycles. The normalized spacial score (nSPS) is 17.7. The zero-order chi connectivity index (χ0) is 18.0. The van der Waals surface area contributed by atoms with Crippen LogP contribution >= 0.6 is 0 Å². The average Bonchev–Trinajstić information content (AvgIpc) is 2.99. The Morgan fingerprint density at radius 2 is 1.76 bits per heavy atom. The number of hydrogen-bond acceptors (Lipinski definition) is 2. The van der Waals surface area contributed by atoms with E-state index < -0.39 is 0 Å². The SMILES string of the molecule is CCN(CC)C(=O)C(C)c1ccc(N2CC3=C(CC=CC3)C2=O)cc1. The smallest absolute Gasteiger partial charge is 0.254 e. The number of rotatable bonds is 5. The summed E-state index contributed by atoms with van der Waals surface area (Å²) in [6, 6.07) is 7.88. The van der Waals surface area contributed by atoms with Crippen molar-refractivity contribution in [3.8, 4) is 0 Å². The van der Waals surface area contributed by atoms with Gasteiger partial charge in [-0.25, -0.2) is 0 Å². The first-order chi connectivity index (χ1) is 12.1. The highest BCUT2D eigenvalue weighted by Gasteiger charge is 2.31. The van der Waals surface area contributed by atoms with Crippen molar-refractivity contribution in [2.75, 3.05) is 24.5 Å². The molecule has 0 aromatic heterocycles. The van der Waals surface area contributed by atoms with Crippen molar-refractivity contribution >= 4 is 17.5 Å². The topological polar surface area (TPSA) is 40.6 Å². The van der Waals surface area contributed by atoms with Crippen molar-refractivity contribution in [1.29, 1.82) is 0 Å². The van der Waals surface area contributed by atoms with Crippen LogP contribution in [0.3, 0.4) is 0 Å². The molecule has 2 amide bonds. The monoisotopic (exact) mass is 338 g/mol. The molecule has 25 heavy (non-hydrogen) atoms. The number of allylic oxidation sites excluding steroid dienone is 2. The largest absolute Gasteiger partial charge is 0.343 e. The maximum atomic E-state index is 12.6. The second kappa shape index (κ2) is 7.26. The average molecular weight is 338 g/mol. The lowest BCUT2D eigenvalue weighted by molar-refractivity contribution is -0.132. The van der Waals surface area contributed by atoms with Crippen molar-refractivity contribution in [3.63, 3.8) is 0 Å². The minimum absolute atomic E-state index is 0.124. The molecule has 1 aromatic rings. The molecule has 1 aliphatic carbocycles. The Labute approximate surface area is 149 Å². The molecule has 1 aliphatic heterocycles. The lowest BCUT2D eigenvalue weighted by Crippen LogP contribution is -2.33. The molecule has 0 N–H and O–H groups in total. The van der Waals surface area contributed by atoms with Crippen LogP contribution in [0.15, 0.2) is 47.6 Å². The molecule has 4 heteroatoms. The van der Waals surface area contributed by atoms with Crippen LogP contribution in [-0.4, -0.2) is 36.3 Å². The number of nitrogens with zero attached hydrogens (tertiary/aromatic N) is 2. The lowest BCUT2D eigenvalue weighted by atomic mass is 9.99. The number of carbonyl (C=O) groups is 2. The molecule has 3 rings (SSSR count). The van der Waals surface area contributed by atoms with Crippen LogP contribution in [0.5, 0.6) is 0 Å². The van der Waals surface area contributed by atoms with Crippen LogP contribution in [0.1, 0.15) is 45.1 Å². The highest BCUT2D eigenvalue weighted by atomic mass is 16.2. The van der Waals surface area contributed by atoms with Crippen LogP contribution in [0.25, 0.3) is 0 Å². The van der Waals surface area contributed by atoms with Gasteiger partial charge < -0.3 is 9.80 Å². The molecule has 0 saturated heterocycles. The molecule has 0 bridgehead atoms. The van der Waals surface area contributed by atoms with Crippen molar-refractivity contribution in [2.24, 2.45) is 0 Å². The Kier molecular flexibility index (Phi) is 5.07. The quantitative estimate of drug-likeness (QED) is 0.769. The maximum Gasteiger partial charge on any atom is 0.254 e. The minimum Gasteiger partial charge on any atom is -0.343 e. The third-order valence-corrected chi connectivity index (χ3v) is 5.28. The van der Waals surface area contributed by atoms with E-state index in [-0.39, 0.29) is 17.7 Å². The van der Waals surface area contributed by atoms with E-state index in [1.54, 1.807) is 0 Å². The molecule has 132 valence electrons. The molecule has 1 aromatic carbocycles. The fourth-order valence-electron chi connectivity index (χ4n) is 3.62. The standard InChI is InChI=1S/C21H26N2O2/c1-4-22(5-2)20(24)15(3)16-10-12-18(13-11-16)23-14-17-8-6-7-9-19(17)21(23)25/h6-7,10-13,15H,4-5,8-9,14H2,1-3H3. The summed E-state index contributed by atoms with van der Waals surface area (Å²) in [6.45, 7) is 8.09. The first-order valence-corrected chi connectivity index (χ1v) is 9.13. The first-order valence-electron chi connectivity index (χ1n) is 9.13. The zero-order valence-electron chi connectivity index (χ0n) is 15.3. The van der Waals surface area contributed by atoms with Gasteiger partial charge in [-0.05, 0) is 56.9 Å². The van der Waals surface area contributed by atoms with Gasteiger partial charge in [0.25, 0.3) is 5.91 Å². The summed E-state index contributed by atoms with van der Waals surface area (Å²) in [5.41, 5.74) is 4.09. The number of hydrogen-bond donors (Lipinski definition) is 0. The van der Waals surface area contributed by atoms with Crippen LogP contribution in [0.4, 0.5) is 5.69 Å². The van der Waals surface area contributed by atoms with Crippen LogP contribution in [0.2, 0.25) is 0 Å². The molecule has 1 unspecified atom stereocenters. The Balaban J connectivity index is 1.73. The van der Waals surface area contributed by atoms with Crippen molar-refractivity contribution in [3.05, 3.63) is 53.1 Å². The molecule has 2 aliphatic rings. The van der Waals surface area contributed by atoms with E-state index in [0.29, 0.717) is 6.54 Å². The third-order valence-electron chi connectivity index (χ3n) is 5.28. The summed E-state index contributed by atoms with van der Waals surface area (Å²) in [6.07, 6.45) is 5.84. The molecule has 0 radical (unpaired) electrons. The Bertz CT molecular complexity index is 727. The zero-order valence-corrected chi connectivity index (χ0v) is 15.3. The van der Waals surface area contributed by atoms with Gasteiger partial charge in [-0.2, -0.15) is 0 Å². The Hall–Kier alpha value is -2.36. The van der Waals surface area contributed by atoms with Gasteiger partial charge in [0.2, 0.25) is 5.91 Å². The van der Waals surface area contributed by atoms with Gasteiger partial charge in [0.1, 0.15) is 0 Å². The molecule has 0 spiro atoms. The summed E-state index contributed by atoms with van der Waals surface area (Å²) in [4.78, 5) is 28.8. The van der Waals surface area contributed by atoms with Gasteiger partial charge in [-0.3, -0.25) is 9.59 Å². The summed E-state index contributed by atoms with van der Waals surface area (Å²) in [5.74, 6) is 0.108. The van der Waals surface area contributed by atoms with E-state index in [2.05, 4.69) is 12.2 Å². The fraction of sp³-hybridized carbons (Fsp3) is 0.429. The van der Waals surface area contributed by atoms with Gasteiger partial charge in [-0.1, -0.05) is 24.3 Å². The number of benzene rings is 1. The van der Waals surface area contributed by atoms with Crippen molar-refractivity contribution in [2.45, 2.75) is 39.5 Å². The minimum atomic E-state index is -0.168. The van der Waals surface area contributed by atoms with Crippen LogP contribution in [-0.2, 0) is 9.59 Å². The molecule has 1 atom stereocenters. The number of anilines is 1. The van der Waals surface area contributed by atoms with E-state index in [9.17, 15) is 9.59 Å². The Morgan fingerprint density at radius 1 is 1.12 bits per heavy atom. The molecule has 0 fully saturated rings.